The van der Waals surface area contributed by atoms with Crippen molar-refractivity contribution in [2.24, 2.45) is 12.5 Å². The number of piperidine rings is 1. The van der Waals surface area contributed by atoms with Gasteiger partial charge in [0.1, 0.15) is 0 Å². The smallest absolute Gasteiger partial charge is 0.407 e. The molecule has 1 fully saturated rings. The van der Waals surface area contributed by atoms with E-state index in [4.69, 9.17) is 0 Å². The summed E-state index contributed by atoms with van der Waals surface area (Å²) < 4.78 is 3.49. The van der Waals surface area contributed by atoms with Crippen LogP contribution in [0.4, 0.5) is 4.79 Å². The highest BCUT2D eigenvalue weighted by molar-refractivity contribution is 14.1. The lowest BCUT2D eigenvalue weighted by molar-refractivity contribution is 0.0702. The molecule has 130 valence electrons. The van der Waals surface area contributed by atoms with Crippen LogP contribution in [0, 0.1) is 8.99 Å². The number of aromatic nitrogens is 1. The molecule has 0 atom stereocenters. The molecule has 2 heterocycles. The first kappa shape index (κ1) is 17.6. The van der Waals surface area contributed by atoms with Gasteiger partial charge in [-0.2, -0.15) is 0 Å². The minimum Gasteiger partial charge on any atom is -0.465 e. The van der Waals surface area contributed by atoms with E-state index in [-0.39, 0.29) is 10.8 Å². The van der Waals surface area contributed by atoms with Crippen molar-refractivity contribution in [1.29, 1.82) is 0 Å². The lowest BCUT2D eigenvalue weighted by Crippen LogP contribution is -2.51. The van der Waals surface area contributed by atoms with Crippen LogP contribution in [0.1, 0.15) is 39.2 Å². The largest absolute Gasteiger partial charge is 0.465 e. The van der Waals surface area contributed by atoms with Crippen LogP contribution in [0.2, 0.25) is 0 Å². The second kappa shape index (κ2) is 5.93. The molecule has 1 aliphatic rings. The maximum atomic E-state index is 11.3. The highest BCUT2D eigenvalue weighted by Crippen LogP contribution is 2.51. The monoisotopic (exact) mass is 440 g/mol. The van der Waals surface area contributed by atoms with Gasteiger partial charge in [0.15, 0.2) is 0 Å². The van der Waals surface area contributed by atoms with Gasteiger partial charge in [0.25, 0.3) is 0 Å². The topological polar surface area (TPSA) is 45.5 Å². The number of nitrogens with zero attached hydrogens (tertiary/aromatic N) is 2. The molecule has 0 radical (unpaired) electrons. The Morgan fingerprint density at radius 1 is 1.25 bits per heavy atom. The van der Waals surface area contributed by atoms with Gasteiger partial charge >= 0.3 is 6.09 Å². The standard InChI is InChI=1S/C19H25IN2O2/c1-18(2,3)19(8-10-22(11-9-19)17(23)24)14-7-5-6-13-15(20)12-21(4)16(13)14/h5-7,12H,8-11H2,1-4H3,(H,23,24). The SMILES string of the molecule is Cn1cc(I)c2cccc(C3(C(C)(C)C)CCN(C(=O)O)CC3)c21. The van der Waals surface area contributed by atoms with Crippen molar-refractivity contribution >= 4 is 39.6 Å². The zero-order chi connectivity index (χ0) is 17.7. The van der Waals surface area contributed by atoms with E-state index in [1.807, 2.05) is 0 Å². The third-order valence-corrected chi connectivity index (χ3v) is 6.65. The molecule has 24 heavy (non-hydrogen) atoms. The van der Waals surface area contributed by atoms with Crippen molar-refractivity contribution in [3.63, 3.8) is 0 Å². The fourth-order valence-electron chi connectivity index (χ4n) is 4.31. The summed E-state index contributed by atoms with van der Waals surface area (Å²) in [4.78, 5) is 12.9. The Labute approximate surface area is 157 Å². The molecule has 1 aliphatic heterocycles. The minimum atomic E-state index is -0.802. The van der Waals surface area contributed by atoms with Crippen LogP contribution in [0.5, 0.6) is 0 Å². The Hall–Kier alpha value is -1.24. The number of rotatable bonds is 1. The van der Waals surface area contributed by atoms with E-state index in [2.05, 4.69) is 79.4 Å². The zero-order valence-electron chi connectivity index (χ0n) is 14.8. The molecule has 1 saturated heterocycles. The summed E-state index contributed by atoms with van der Waals surface area (Å²) in [7, 11) is 2.11. The van der Waals surface area contributed by atoms with Crippen LogP contribution in [0.25, 0.3) is 10.9 Å². The second-order valence-corrected chi connectivity index (χ2v) is 9.05. The number of likely N-dealkylation sites (tertiary alicyclic amines) is 1. The van der Waals surface area contributed by atoms with Gasteiger partial charge in [-0.05, 0) is 46.4 Å². The number of para-hydroxylation sites is 1. The van der Waals surface area contributed by atoms with E-state index in [0.29, 0.717) is 13.1 Å². The van der Waals surface area contributed by atoms with E-state index in [1.54, 1.807) is 4.90 Å². The molecule has 5 heteroatoms. The first-order chi connectivity index (χ1) is 11.2. The molecule has 1 N–H and O–H groups in total. The summed E-state index contributed by atoms with van der Waals surface area (Å²) in [5.41, 5.74) is 2.69. The summed E-state index contributed by atoms with van der Waals surface area (Å²) in [5, 5.41) is 10.6. The van der Waals surface area contributed by atoms with Crippen molar-refractivity contribution in [3.8, 4) is 0 Å². The Bertz CT molecular complexity index is 780. The van der Waals surface area contributed by atoms with Gasteiger partial charge < -0.3 is 14.6 Å². The normalized spacial score (nSPS) is 18.1. The first-order valence-corrected chi connectivity index (χ1v) is 9.47. The fraction of sp³-hybridized carbons (Fsp3) is 0.526. The second-order valence-electron chi connectivity index (χ2n) is 7.89. The van der Waals surface area contributed by atoms with Crippen molar-refractivity contribution in [2.75, 3.05) is 13.1 Å². The van der Waals surface area contributed by atoms with Gasteiger partial charge in [0.2, 0.25) is 0 Å². The number of aryl methyl sites for hydroxylation is 1. The Morgan fingerprint density at radius 3 is 2.42 bits per heavy atom. The van der Waals surface area contributed by atoms with Crippen LogP contribution in [0.3, 0.4) is 0 Å². The fourth-order valence-corrected chi connectivity index (χ4v) is 5.16. The van der Waals surface area contributed by atoms with Gasteiger partial charge in [0, 0.05) is 40.7 Å². The predicted octanol–water partition coefficient (Wildman–Crippen LogP) is 4.84. The molecule has 1 aromatic carbocycles. The van der Waals surface area contributed by atoms with Gasteiger partial charge in [-0.25, -0.2) is 4.79 Å². The van der Waals surface area contributed by atoms with Gasteiger partial charge in [-0.15, -0.1) is 0 Å². The number of halogens is 1. The van der Waals surface area contributed by atoms with Crippen molar-refractivity contribution in [2.45, 2.75) is 39.0 Å². The zero-order valence-corrected chi connectivity index (χ0v) is 16.9. The van der Waals surface area contributed by atoms with E-state index < -0.39 is 6.09 Å². The van der Waals surface area contributed by atoms with E-state index >= 15 is 0 Å². The van der Waals surface area contributed by atoms with Gasteiger partial charge in [-0.3, -0.25) is 0 Å². The van der Waals surface area contributed by atoms with Crippen LogP contribution in [0.15, 0.2) is 24.4 Å². The summed E-state index contributed by atoms with van der Waals surface area (Å²) in [6, 6.07) is 6.58. The van der Waals surface area contributed by atoms with Crippen LogP contribution in [-0.2, 0) is 12.5 Å². The van der Waals surface area contributed by atoms with Crippen molar-refractivity contribution in [3.05, 3.63) is 33.5 Å². The average molecular weight is 440 g/mol. The number of hydrogen-bond donors (Lipinski definition) is 1. The van der Waals surface area contributed by atoms with Crippen LogP contribution in [-0.4, -0.2) is 33.8 Å². The highest BCUT2D eigenvalue weighted by Gasteiger charge is 2.47. The van der Waals surface area contributed by atoms with E-state index in [9.17, 15) is 9.90 Å². The molecule has 0 spiro atoms. The number of carbonyl (C=O) groups is 1. The molecule has 0 unspecified atom stereocenters. The molecule has 4 nitrogen and oxygen atoms in total. The Kier molecular flexibility index (Phi) is 4.35. The number of amides is 1. The molecule has 2 aromatic rings. The third kappa shape index (κ3) is 2.61. The lowest BCUT2D eigenvalue weighted by Gasteiger charge is -2.50. The number of hydrogen-bond acceptors (Lipinski definition) is 1. The quantitative estimate of drug-likeness (QED) is 0.646. The van der Waals surface area contributed by atoms with Crippen molar-refractivity contribution in [1.82, 2.24) is 9.47 Å². The number of fused-ring (bicyclic) bond motifs is 1. The molecule has 3 rings (SSSR count). The summed E-state index contributed by atoms with van der Waals surface area (Å²) >= 11 is 2.40. The molecule has 0 bridgehead atoms. The molecule has 1 amide bonds. The predicted molar refractivity (Wildman–Crippen MR) is 106 cm³/mol. The molecular formula is C19H25IN2O2. The van der Waals surface area contributed by atoms with Crippen molar-refractivity contribution < 1.29 is 9.90 Å². The summed E-state index contributed by atoms with van der Waals surface area (Å²) in [6.07, 6.45) is 3.11. The maximum absolute atomic E-state index is 11.3. The van der Waals surface area contributed by atoms with Crippen LogP contribution < -0.4 is 0 Å². The maximum Gasteiger partial charge on any atom is 0.407 e. The Morgan fingerprint density at radius 2 is 1.88 bits per heavy atom. The van der Waals surface area contributed by atoms with E-state index in [0.717, 1.165) is 12.8 Å². The Balaban J connectivity index is 2.18. The first-order valence-electron chi connectivity index (χ1n) is 8.39. The van der Waals surface area contributed by atoms with Gasteiger partial charge in [0.05, 0.1) is 5.52 Å². The summed E-state index contributed by atoms with van der Waals surface area (Å²) in [5.74, 6) is 0. The molecule has 0 saturated carbocycles. The number of carboxylic acid groups (broad SMARTS) is 1. The van der Waals surface area contributed by atoms with Gasteiger partial charge in [-0.1, -0.05) is 39.0 Å². The van der Waals surface area contributed by atoms with E-state index in [1.165, 1.54) is 20.0 Å². The third-order valence-electron chi connectivity index (χ3n) is 5.79. The average Bonchev–Trinajstić information content (AvgIpc) is 2.81. The van der Waals surface area contributed by atoms with Crippen LogP contribution >= 0.6 is 22.6 Å². The highest BCUT2D eigenvalue weighted by atomic mass is 127. The molecule has 0 aliphatic carbocycles. The summed E-state index contributed by atoms with van der Waals surface area (Å²) in [6.45, 7) is 8.07. The number of benzene rings is 1. The molecule has 1 aromatic heterocycles. The lowest BCUT2D eigenvalue weighted by atomic mass is 9.57. The minimum absolute atomic E-state index is 0.0202. The molecular weight excluding hydrogens is 415 g/mol.